The Hall–Kier alpha value is -1.18. The summed E-state index contributed by atoms with van der Waals surface area (Å²) in [6.45, 7) is 0. The van der Waals surface area contributed by atoms with Crippen LogP contribution in [-0.4, -0.2) is 17.3 Å². The van der Waals surface area contributed by atoms with E-state index in [9.17, 15) is 9.59 Å². The maximum Gasteiger partial charge on any atom is 0.234 e. The third-order valence-electron chi connectivity index (χ3n) is 0.901. The van der Waals surface area contributed by atoms with Crippen molar-refractivity contribution in [1.29, 1.82) is 0 Å². The van der Waals surface area contributed by atoms with E-state index in [-0.39, 0.29) is 30.1 Å². The zero-order chi connectivity index (χ0) is 7.98. The molecule has 11 heavy (non-hydrogen) atoms. The third kappa shape index (κ3) is 6.71. The van der Waals surface area contributed by atoms with Gasteiger partial charge in [-0.25, -0.2) is 11.7 Å². The number of rotatable bonds is 3. The number of amides is 2. The highest BCUT2D eigenvalue weighted by Gasteiger charge is 2.02. The zero-order valence-electron chi connectivity index (χ0n) is 5.89. The van der Waals surface area contributed by atoms with Gasteiger partial charge in [0, 0.05) is 12.8 Å². The number of hydrogen-bond acceptors (Lipinski definition) is 4. The quantitative estimate of drug-likeness (QED) is 0.199. The molecule has 0 aromatic carbocycles. The predicted octanol–water partition coefficient (Wildman–Crippen LogP) is -3.08. The molecule has 0 bridgehead atoms. The van der Waals surface area contributed by atoms with Crippen LogP contribution >= 0.6 is 0 Å². The van der Waals surface area contributed by atoms with E-state index in [0.29, 0.717) is 0 Å². The average Bonchev–Trinajstić information content (AvgIpc) is 1.99. The average molecular weight is 164 g/mol. The van der Waals surface area contributed by atoms with Gasteiger partial charge in [0.1, 0.15) is 0 Å². The Bertz CT molecular complexity index is 121. The molecular weight excluding hydrogens is 152 g/mol. The van der Waals surface area contributed by atoms with Gasteiger partial charge in [0.05, 0.1) is 0 Å². The standard InChI is InChI=1S/C4H10N4O2.H2O/c5-7-3(9)1-2-4(10)8-6;/h1-2,5-6H2,(H,7,9)(H,8,10);1H2. The molecule has 0 aliphatic rings. The Kier molecular flexibility index (Phi) is 7.87. The van der Waals surface area contributed by atoms with E-state index in [2.05, 4.69) is 0 Å². The van der Waals surface area contributed by atoms with Gasteiger partial charge < -0.3 is 5.48 Å². The first-order valence-electron chi connectivity index (χ1n) is 2.69. The number of hydrogen-bond donors (Lipinski definition) is 4. The van der Waals surface area contributed by atoms with E-state index in [1.165, 1.54) is 0 Å². The highest BCUT2D eigenvalue weighted by molar-refractivity contribution is 5.82. The van der Waals surface area contributed by atoms with E-state index < -0.39 is 0 Å². The van der Waals surface area contributed by atoms with E-state index >= 15 is 0 Å². The number of carbonyl (C=O) groups excluding carboxylic acids is 2. The fourth-order valence-electron chi connectivity index (χ4n) is 0.371. The summed E-state index contributed by atoms with van der Waals surface area (Å²) in [4.78, 5) is 20.8. The van der Waals surface area contributed by atoms with Gasteiger partial charge in [0.2, 0.25) is 11.8 Å². The lowest BCUT2D eigenvalue weighted by Gasteiger charge is -1.97. The lowest BCUT2D eigenvalue weighted by atomic mass is 10.3. The van der Waals surface area contributed by atoms with Gasteiger partial charge in [0.25, 0.3) is 0 Å². The van der Waals surface area contributed by atoms with Crippen molar-refractivity contribution in [2.45, 2.75) is 12.8 Å². The molecule has 0 unspecified atom stereocenters. The van der Waals surface area contributed by atoms with Crippen LogP contribution < -0.4 is 22.5 Å². The van der Waals surface area contributed by atoms with E-state index in [4.69, 9.17) is 11.7 Å². The van der Waals surface area contributed by atoms with Crippen molar-refractivity contribution < 1.29 is 15.1 Å². The largest absolute Gasteiger partial charge is 0.412 e. The fraction of sp³-hybridized carbons (Fsp3) is 0.500. The van der Waals surface area contributed by atoms with Gasteiger partial charge in [-0.1, -0.05) is 0 Å². The minimum Gasteiger partial charge on any atom is -0.412 e. The highest BCUT2D eigenvalue weighted by Crippen LogP contribution is 1.85. The first-order valence-corrected chi connectivity index (χ1v) is 2.69. The molecule has 66 valence electrons. The van der Waals surface area contributed by atoms with Crippen molar-refractivity contribution in [2.24, 2.45) is 11.7 Å². The molecule has 0 aliphatic heterocycles. The molecule has 0 saturated carbocycles. The Morgan fingerprint density at radius 3 is 1.45 bits per heavy atom. The molecule has 0 aromatic rings. The molecule has 0 fully saturated rings. The molecule has 0 spiro atoms. The van der Waals surface area contributed by atoms with Crippen LogP contribution in [0.25, 0.3) is 0 Å². The van der Waals surface area contributed by atoms with Crippen LogP contribution in [0.1, 0.15) is 12.8 Å². The van der Waals surface area contributed by atoms with Crippen molar-refractivity contribution in [2.75, 3.05) is 0 Å². The normalized spacial score (nSPS) is 7.82. The van der Waals surface area contributed by atoms with Crippen molar-refractivity contribution in [1.82, 2.24) is 10.9 Å². The second-order valence-electron chi connectivity index (χ2n) is 1.64. The molecule has 2 amide bonds. The van der Waals surface area contributed by atoms with Crippen molar-refractivity contribution in [3.63, 3.8) is 0 Å². The molecule has 0 aromatic heterocycles. The number of carbonyl (C=O) groups is 2. The van der Waals surface area contributed by atoms with Gasteiger partial charge in [-0.15, -0.1) is 0 Å². The Balaban J connectivity index is 0. The van der Waals surface area contributed by atoms with Gasteiger partial charge in [-0.3, -0.25) is 20.4 Å². The molecular formula is C4H12N4O3. The molecule has 7 nitrogen and oxygen atoms in total. The minimum absolute atomic E-state index is 0. The molecule has 0 saturated heterocycles. The molecule has 0 radical (unpaired) electrons. The summed E-state index contributed by atoms with van der Waals surface area (Å²) >= 11 is 0. The first-order chi connectivity index (χ1) is 4.70. The smallest absolute Gasteiger partial charge is 0.234 e. The molecule has 0 atom stereocenters. The third-order valence-corrected chi connectivity index (χ3v) is 0.901. The monoisotopic (exact) mass is 164 g/mol. The lowest BCUT2D eigenvalue weighted by molar-refractivity contribution is -0.126. The van der Waals surface area contributed by atoms with Crippen molar-refractivity contribution >= 4 is 11.8 Å². The van der Waals surface area contributed by atoms with E-state index in [1.54, 1.807) is 0 Å². The summed E-state index contributed by atoms with van der Waals surface area (Å²) in [5.74, 6) is 8.70. The zero-order valence-corrected chi connectivity index (χ0v) is 5.89. The molecule has 0 heterocycles. The van der Waals surface area contributed by atoms with Crippen LogP contribution in [0.2, 0.25) is 0 Å². The predicted molar refractivity (Wildman–Crippen MR) is 37.5 cm³/mol. The topological polar surface area (TPSA) is 142 Å². The number of nitrogens with one attached hydrogen (secondary N) is 2. The first kappa shape index (κ1) is 12.5. The Labute approximate surface area is 63.4 Å². The minimum atomic E-state index is -0.386. The van der Waals surface area contributed by atoms with Gasteiger partial charge in [-0.05, 0) is 0 Å². The summed E-state index contributed by atoms with van der Waals surface area (Å²) in [7, 11) is 0. The number of nitrogens with two attached hydrogens (primary N) is 2. The van der Waals surface area contributed by atoms with Gasteiger partial charge >= 0.3 is 0 Å². The van der Waals surface area contributed by atoms with Crippen molar-refractivity contribution in [3.8, 4) is 0 Å². The van der Waals surface area contributed by atoms with E-state index in [0.717, 1.165) is 0 Å². The van der Waals surface area contributed by atoms with Crippen molar-refractivity contribution in [3.05, 3.63) is 0 Å². The van der Waals surface area contributed by atoms with Crippen LogP contribution in [0.3, 0.4) is 0 Å². The molecule has 7 heteroatoms. The summed E-state index contributed by atoms with van der Waals surface area (Å²) in [5.41, 5.74) is 3.77. The van der Waals surface area contributed by atoms with Crippen LogP contribution in [0, 0.1) is 0 Å². The second-order valence-corrected chi connectivity index (χ2v) is 1.64. The van der Waals surface area contributed by atoms with Crippen LogP contribution in [0.15, 0.2) is 0 Å². The van der Waals surface area contributed by atoms with Crippen LogP contribution in [-0.2, 0) is 9.59 Å². The second kappa shape index (κ2) is 6.93. The molecule has 0 aliphatic carbocycles. The van der Waals surface area contributed by atoms with Crippen LogP contribution in [0.4, 0.5) is 0 Å². The summed E-state index contributed by atoms with van der Waals surface area (Å²) in [5, 5.41) is 0. The Morgan fingerprint density at radius 2 is 1.27 bits per heavy atom. The maximum atomic E-state index is 10.4. The summed E-state index contributed by atoms with van der Waals surface area (Å²) in [6, 6.07) is 0. The Morgan fingerprint density at radius 1 is 1.00 bits per heavy atom. The van der Waals surface area contributed by atoms with Crippen LogP contribution in [0.5, 0.6) is 0 Å². The SMILES string of the molecule is NNC(=O)CCC(=O)NN.O. The lowest BCUT2D eigenvalue weighted by Crippen LogP contribution is -2.34. The van der Waals surface area contributed by atoms with Gasteiger partial charge in [0.15, 0.2) is 0 Å². The summed E-state index contributed by atoms with van der Waals surface area (Å²) < 4.78 is 0. The van der Waals surface area contributed by atoms with Gasteiger partial charge in [-0.2, -0.15) is 0 Å². The highest BCUT2D eigenvalue weighted by atomic mass is 16.2. The molecule has 8 N–H and O–H groups in total. The summed E-state index contributed by atoms with van der Waals surface area (Å²) in [6.07, 6.45) is 0.110. The van der Waals surface area contributed by atoms with E-state index in [1.807, 2.05) is 10.9 Å². The molecule has 0 rings (SSSR count). The fourth-order valence-corrected chi connectivity index (χ4v) is 0.371. The maximum absolute atomic E-state index is 10.4. The number of hydrazine groups is 2.